The Morgan fingerprint density at radius 2 is 1.64 bits per heavy atom. The summed E-state index contributed by atoms with van der Waals surface area (Å²) in [5, 5.41) is 0. The van der Waals surface area contributed by atoms with E-state index in [2.05, 4.69) is 4.98 Å². The fourth-order valence-electron chi connectivity index (χ4n) is 4.05. The Balaban J connectivity index is 1.67. The van der Waals surface area contributed by atoms with E-state index in [-0.39, 0.29) is 30.0 Å². The first kappa shape index (κ1) is 23.0. The lowest BCUT2D eigenvalue weighted by molar-refractivity contribution is 0.0973. The predicted octanol–water partition coefficient (Wildman–Crippen LogP) is 3.43. The summed E-state index contributed by atoms with van der Waals surface area (Å²) in [5.74, 6) is -0.0893. The number of benzene rings is 3. The number of hydrogen-bond donors (Lipinski definition) is 0. The Morgan fingerprint density at radius 3 is 2.31 bits per heavy atom. The minimum atomic E-state index is -0.616. The van der Waals surface area contributed by atoms with Crippen molar-refractivity contribution < 1.29 is 13.9 Å². The van der Waals surface area contributed by atoms with Crippen LogP contribution in [0.4, 0.5) is 4.39 Å². The molecule has 0 aliphatic heterocycles. The number of halogens is 1. The highest BCUT2D eigenvalue weighted by atomic mass is 19.1. The normalized spacial score (nSPS) is 11.1. The molecule has 0 saturated carbocycles. The van der Waals surface area contributed by atoms with Crippen LogP contribution >= 0.6 is 0 Å². The maximum atomic E-state index is 13.6. The van der Waals surface area contributed by atoms with Crippen LogP contribution in [0.25, 0.3) is 16.9 Å². The van der Waals surface area contributed by atoms with Gasteiger partial charge in [0.25, 0.3) is 5.56 Å². The Bertz CT molecular complexity index is 1670. The highest BCUT2D eigenvalue weighted by Gasteiger charge is 2.21. The molecule has 180 valence electrons. The van der Waals surface area contributed by atoms with E-state index in [1.54, 1.807) is 24.3 Å². The van der Waals surface area contributed by atoms with Gasteiger partial charge in [-0.3, -0.25) is 14.2 Å². The van der Waals surface area contributed by atoms with E-state index in [1.807, 2.05) is 30.3 Å². The minimum absolute atomic E-state index is 0.0211. The molecule has 0 fully saturated rings. The lowest BCUT2D eigenvalue weighted by atomic mass is 10.1. The second-order valence-corrected chi connectivity index (χ2v) is 8.17. The van der Waals surface area contributed by atoms with Crippen LogP contribution in [0.1, 0.15) is 15.9 Å². The molecule has 0 spiro atoms. The van der Waals surface area contributed by atoms with Gasteiger partial charge in [0.2, 0.25) is 0 Å². The van der Waals surface area contributed by atoms with Crippen LogP contribution in [0, 0.1) is 5.82 Å². The summed E-state index contributed by atoms with van der Waals surface area (Å²) in [4.78, 5) is 44.4. The third kappa shape index (κ3) is 4.22. The molecule has 36 heavy (non-hydrogen) atoms. The van der Waals surface area contributed by atoms with Crippen molar-refractivity contribution in [3.63, 3.8) is 0 Å². The Labute approximate surface area is 204 Å². The van der Waals surface area contributed by atoms with Gasteiger partial charge in [0, 0.05) is 5.56 Å². The van der Waals surface area contributed by atoms with Crippen molar-refractivity contribution in [1.29, 1.82) is 0 Å². The molecule has 0 saturated heterocycles. The van der Waals surface area contributed by atoms with E-state index < -0.39 is 17.1 Å². The fraction of sp³-hybridized carbons (Fsp3) is 0.111. The van der Waals surface area contributed by atoms with Crippen LogP contribution in [-0.2, 0) is 13.1 Å². The monoisotopic (exact) mass is 484 g/mol. The van der Waals surface area contributed by atoms with Crippen LogP contribution in [0.5, 0.6) is 5.75 Å². The van der Waals surface area contributed by atoms with Gasteiger partial charge >= 0.3 is 5.69 Å². The van der Waals surface area contributed by atoms with E-state index in [1.165, 1.54) is 46.8 Å². The quantitative estimate of drug-likeness (QED) is 0.330. The molecule has 5 aromatic rings. The Kier molecular flexibility index (Phi) is 6.03. The van der Waals surface area contributed by atoms with E-state index in [0.717, 1.165) is 10.1 Å². The number of rotatable bonds is 7. The molecule has 8 nitrogen and oxygen atoms in total. The number of nitrogens with zero attached hydrogens (tertiary/aromatic N) is 4. The Morgan fingerprint density at radius 1 is 0.944 bits per heavy atom. The van der Waals surface area contributed by atoms with Gasteiger partial charge < -0.3 is 9.30 Å². The molecule has 0 unspecified atom stereocenters. The van der Waals surface area contributed by atoms with Gasteiger partial charge in [-0.1, -0.05) is 30.3 Å². The van der Waals surface area contributed by atoms with E-state index in [9.17, 15) is 18.8 Å². The third-order valence-corrected chi connectivity index (χ3v) is 5.89. The molecule has 2 aromatic heterocycles. The summed E-state index contributed by atoms with van der Waals surface area (Å²) >= 11 is 0. The van der Waals surface area contributed by atoms with Crippen molar-refractivity contribution in [2.24, 2.45) is 0 Å². The van der Waals surface area contributed by atoms with E-state index in [4.69, 9.17) is 4.74 Å². The summed E-state index contributed by atoms with van der Waals surface area (Å²) in [5.41, 5.74) is 0.531. The number of Topliss-reactive ketones (excluding diaryl/α,β-unsaturated/α-hetero) is 1. The number of carbonyl (C=O) groups is 1. The summed E-state index contributed by atoms with van der Waals surface area (Å²) in [7, 11) is 1.54. The first-order valence-electron chi connectivity index (χ1n) is 11.1. The second-order valence-electron chi connectivity index (χ2n) is 8.17. The second kappa shape index (κ2) is 9.46. The van der Waals surface area contributed by atoms with Gasteiger partial charge in [0.15, 0.2) is 16.9 Å². The standard InChI is InChI=1S/C27H21FN4O4/c1-36-22-13-7-19(8-14-22)23(33)16-30-17-29-25-24(30)26(34)31(15-18-5-3-2-4-6-18)27(35)32(25)21-11-9-20(28)10-12-21/h2-14,17H,15-16H2,1H3. The molecule has 9 heteroatoms. The van der Waals surface area contributed by atoms with Crippen molar-refractivity contribution in [1.82, 2.24) is 18.7 Å². The molecular formula is C27H21FN4O4. The van der Waals surface area contributed by atoms with Crippen molar-refractivity contribution in [3.05, 3.63) is 123 Å². The number of hydrogen-bond acceptors (Lipinski definition) is 5. The van der Waals surface area contributed by atoms with E-state index >= 15 is 0 Å². The summed E-state index contributed by atoms with van der Waals surface area (Å²) < 4.78 is 22.5. The zero-order valence-corrected chi connectivity index (χ0v) is 19.3. The molecule has 0 aliphatic carbocycles. The maximum absolute atomic E-state index is 13.6. The number of carbonyl (C=O) groups excluding carboxylic acids is 1. The van der Waals surface area contributed by atoms with Gasteiger partial charge in [-0.15, -0.1) is 0 Å². The fourth-order valence-corrected chi connectivity index (χ4v) is 4.05. The van der Waals surface area contributed by atoms with Crippen LogP contribution in [0.15, 0.2) is 94.8 Å². The molecule has 0 atom stereocenters. The Hall–Kier alpha value is -4.79. The van der Waals surface area contributed by atoms with Crippen LogP contribution in [-0.4, -0.2) is 31.6 Å². The van der Waals surface area contributed by atoms with Gasteiger partial charge in [-0.25, -0.2) is 18.7 Å². The number of methoxy groups -OCH3 is 1. The number of fused-ring (bicyclic) bond motifs is 1. The SMILES string of the molecule is COc1ccc(C(=O)Cn2cnc3c2c(=O)n(Cc2ccccc2)c(=O)n3-c2ccc(F)cc2)cc1. The average molecular weight is 484 g/mol. The minimum Gasteiger partial charge on any atom is -0.497 e. The molecule has 3 aromatic carbocycles. The first-order valence-corrected chi connectivity index (χ1v) is 11.1. The molecule has 0 aliphatic rings. The summed E-state index contributed by atoms with van der Waals surface area (Å²) in [6.45, 7) is -0.141. The molecule has 0 N–H and O–H groups in total. The summed E-state index contributed by atoms with van der Waals surface area (Å²) in [6, 6.07) is 21.1. The smallest absolute Gasteiger partial charge is 0.337 e. The number of ether oxygens (including phenoxy) is 1. The largest absolute Gasteiger partial charge is 0.497 e. The van der Waals surface area contributed by atoms with Crippen LogP contribution in [0.3, 0.4) is 0 Å². The zero-order valence-electron chi connectivity index (χ0n) is 19.3. The lowest BCUT2D eigenvalue weighted by Crippen LogP contribution is -2.40. The van der Waals surface area contributed by atoms with Crippen molar-refractivity contribution >= 4 is 16.9 Å². The van der Waals surface area contributed by atoms with Gasteiger partial charge in [0.1, 0.15) is 11.6 Å². The maximum Gasteiger partial charge on any atom is 0.337 e. The van der Waals surface area contributed by atoms with Crippen LogP contribution < -0.4 is 16.0 Å². The molecule has 2 heterocycles. The predicted molar refractivity (Wildman–Crippen MR) is 132 cm³/mol. The molecule has 5 rings (SSSR count). The highest BCUT2D eigenvalue weighted by molar-refractivity contribution is 5.96. The van der Waals surface area contributed by atoms with Gasteiger partial charge in [-0.05, 0) is 54.1 Å². The van der Waals surface area contributed by atoms with Crippen molar-refractivity contribution in [2.45, 2.75) is 13.1 Å². The average Bonchev–Trinajstić information content (AvgIpc) is 3.31. The topological polar surface area (TPSA) is 88.1 Å². The van der Waals surface area contributed by atoms with Gasteiger partial charge in [-0.2, -0.15) is 0 Å². The molecule has 0 radical (unpaired) electrons. The molecule has 0 amide bonds. The lowest BCUT2D eigenvalue weighted by Gasteiger charge is -2.13. The number of ketones is 1. The molecule has 0 bridgehead atoms. The summed E-state index contributed by atoms with van der Waals surface area (Å²) in [6.07, 6.45) is 1.36. The number of aromatic nitrogens is 4. The highest BCUT2D eigenvalue weighted by Crippen LogP contribution is 2.16. The zero-order chi connectivity index (χ0) is 25.2. The number of imidazole rings is 1. The van der Waals surface area contributed by atoms with Crippen molar-refractivity contribution in [3.8, 4) is 11.4 Å². The first-order chi connectivity index (χ1) is 17.5. The van der Waals surface area contributed by atoms with Gasteiger partial charge in [0.05, 0.1) is 32.2 Å². The third-order valence-electron chi connectivity index (χ3n) is 5.89. The van der Waals surface area contributed by atoms with E-state index in [0.29, 0.717) is 17.0 Å². The van der Waals surface area contributed by atoms with Crippen LogP contribution in [0.2, 0.25) is 0 Å². The molecular weight excluding hydrogens is 463 g/mol. The van der Waals surface area contributed by atoms with Crippen molar-refractivity contribution in [2.75, 3.05) is 7.11 Å².